The summed E-state index contributed by atoms with van der Waals surface area (Å²) in [5.74, 6) is -5.74. The first kappa shape index (κ1) is 59.0. The van der Waals surface area contributed by atoms with Crippen LogP contribution in [0.25, 0.3) is 0 Å². The van der Waals surface area contributed by atoms with E-state index in [4.69, 9.17) is 14.2 Å². The molecule has 3 aromatic carbocycles. The van der Waals surface area contributed by atoms with Gasteiger partial charge in [-0.3, -0.25) is 14.4 Å². The van der Waals surface area contributed by atoms with E-state index in [9.17, 15) is 28.8 Å². The summed E-state index contributed by atoms with van der Waals surface area (Å²) in [7, 11) is 0. The van der Waals surface area contributed by atoms with Gasteiger partial charge in [0.15, 0.2) is 0 Å². The number of amides is 3. The summed E-state index contributed by atoms with van der Waals surface area (Å²) in [6, 6.07) is 25.1. The normalized spacial score (nSPS) is 16.6. The molecule has 0 saturated heterocycles. The Bertz CT molecular complexity index is 1770. The van der Waals surface area contributed by atoms with Crippen LogP contribution in [-0.2, 0) is 62.2 Å². The van der Waals surface area contributed by atoms with Gasteiger partial charge in [0.25, 0.3) is 0 Å². The SMILES string of the molecule is CCCCCCCCOC(=O)[C@H](Cc1ccccc1)NC(=O)C1CC(C(=O)N[C@@H](Cc2ccccc2)C(=O)OCCCCCCCC)CC(C(=O)N[C@@H](Cc2ccccc2)C(=O)OCCCCCCCC)C1. The molecular formula is C60H87N3O9. The van der Waals surface area contributed by atoms with Crippen LogP contribution in [0.5, 0.6) is 0 Å². The van der Waals surface area contributed by atoms with E-state index in [1.165, 1.54) is 0 Å². The van der Waals surface area contributed by atoms with E-state index in [1.54, 1.807) is 0 Å². The van der Waals surface area contributed by atoms with Crippen molar-refractivity contribution < 1.29 is 43.0 Å². The highest BCUT2D eigenvalue weighted by Gasteiger charge is 2.42. The van der Waals surface area contributed by atoms with Crippen molar-refractivity contribution in [3.05, 3.63) is 108 Å². The average molecular weight is 994 g/mol. The number of carbonyl (C=O) groups excluding carboxylic acids is 6. The first-order valence-corrected chi connectivity index (χ1v) is 27.6. The maximum Gasteiger partial charge on any atom is 0.328 e. The lowest BCUT2D eigenvalue weighted by molar-refractivity contribution is -0.150. The van der Waals surface area contributed by atoms with Crippen molar-refractivity contribution in [3.63, 3.8) is 0 Å². The van der Waals surface area contributed by atoms with Gasteiger partial charge in [0.2, 0.25) is 17.7 Å². The number of hydrogen-bond acceptors (Lipinski definition) is 9. The zero-order valence-electron chi connectivity index (χ0n) is 43.9. The fourth-order valence-electron chi connectivity index (χ4n) is 9.43. The Morgan fingerprint density at radius 1 is 0.375 bits per heavy atom. The van der Waals surface area contributed by atoms with Crippen LogP contribution in [0, 0.1) is 17.8 Å². The van der Waals surface area contributed by atoms with Gasteiger partial charge in [-0.15, -0.1) is 0 Å². The minimum Gasteiger partial charge on any atom is -0.464 e. The van der Waals surface area contributed by atoms with Crippen molar-refractivity contribution in [2.75, 3.05) is 19.8 Å². The highest BCUT2D eigenvalue weighted by molar-refractivity contribution is 5.91. The van der Waals surface area contributed by atoms with Crippen molar-refractivity contribution in [2.45, 2.75) is 193 Å². The van der Waals surface area contributed by atoms with Crippen LogP contribution in [0.15, 0.2) is 91.0 Å². The third-order valence-electron chi connectivity index (χ3n) is 13.7. The van der Waals surface area contributed by atoms with E-state index in [1.807, 2.05) is 91.0 Å². The molecule has 0 heterocycles. The Balaban J connectivity index is 1.58. The first-order valence-electron chi connectivity index (χ1n) is 27.6. The lowest BCUT2D eigenvalue weighted by Gasteiger charge is -2.34. The van der Waals surface area contributed by atoms with Crippen molar-refractivity contribution in [3.8, 4) is 0 Å². The monoisotopic (exact) mass is 994 g/mol. The predicted octanol–water partition coefficient (Wildman–Crippen LogP) is 10.9. The molecule has 0 radical (unpaired) electrons. The van der Waals surface area contributed by atoms with Crippen molar-refractivity contribution in [1.29, 1.82) is 0 Å². The second kappa shape index (κ2) is 35.6. The molecule has 12 heteroatoms. The number of rotatable bonds is 36. The van der Waals surface area contributed by atoms with E-state index in [0.717, 1.165) is 113 Å². The quantitative estimate of drug-likeness (QED) is 0.0292. The number of nitrogens with one attached hydrogen (secondary N) is 3. The van der Waals surface area contributed by atoms with Crippen LogP contribution < -0.4 is 16.0 Å². The largest absolute Gasteiger partial charge is 0.464 e. The molecule has 3 aromatic rings. The Morgan fingerprint density at radius 2 is 0.611 bits per heavy atom. The molecule has 3 amide bonds. The van der Waals surface area contributed by atoms with Gasteiger partial charge >= 0.3 is 17.9 Å². The summed E-state index contributed by atoms with van der Waals surface area (Å²) < 4.78 is 17.3. The zero-order valence-corrected chi connectivity index (χ0v) is 43.9. The Kier molecular flexibility index (Phi) is 29.2. The minimum atomic E-state index is -1.02. The third kappa shape index (κ3) is 23.4. The number of unbranched alkanes of at least 4 members (excludes halogenated alkanes) is 15. The lowest BCUT2D eigenvalue weighted by atomic mass is 9.73. The van der Waals surface area contributed by atoms with Crippen LogP contribution in [0.3, 0.4) is 0 Å². The van der Waals surface area contributed by atoms with Crippen LogP contribution in [0.2, 0.25) is 0 Å². The van der Waals surface area contributed by atoms with E-state index in [2.05, 4.69) is 36.7 Å². The second-order valence-electron chi connectivity index (χ2n) is 19.9. The summed E-state index contributed by atoms with van der Waals surface area (Å²) in [6.45, 7) is 7.20. The summed E-state index contributed by atoms with van der Waals surface area (Å²) in [5, 5.41) is 8.91. The Hall–Kier alpha value is -5.52. The Labute approximate surface area is 431 Å². The molecule has 72 heavy (non-hydrogen) atoms. The molecule has 4 rings (SSSR count). The van der Waals surface area contributed by atoms with Crippen LogP contribution in [-0.4, -0.2) is 73.6 Å². The summed E-state index contributed by atoms with van der Waals surface area (Å²) >= 11 is 0. The maximum absolute atomic E-state index is 14.6. The van der Waals surface area contributed by atoms with Gasteiger partial charge in [0.05, 0.1) is 19.8 Å². The highest BCUT2D eigenvalue weighted by Crippen LogP contribution is 2.35. The van der Waals surface area contributed by atoms with Crippen LogP contribution in [0.1, 0.15) is 172 Å². The van der Waals surface area contributed by atoms with Crippen LogP contribution >= 0.6 is 0 Å². The molecule has 396 valence electrons. The van der Waals surface area contributed by atoms with Gasteiger partial charge in [-0.05, 0) is 55.2 Å². The molecule has 12 nitrogen and oxygen atoms in total. The molecule has 0 unspecified atom stereocenters. The molecule has 0 aromatic heterocycles. The van der Waals surface area contributed by atoms with Gasteiger partial charge in [0, 0.05) is 37.0 Å². The summed E-state index contributed by atoms with van der Waals surface area (Å²) in [5.41, 5.74) is 2.49. The number of esters is 3. The van der Waals surface area contributed by atoms with E-state index in [-0.39, 0.29) is 58.3 Å². The predicted molar refractivity (Wildman–Crippen MR) is 284 cm³/mol. The van der Waals surface area contributed by atoms with Crippen molar-refractivity contribution in [2.24, 2.45) is 17.8 Å². The maximum atomic E-state index is 14.6. The topological polar surface area (TPSA) is 166 Å². The molecule has 0 bridgehead atoms. The first-order chi connectivity index (χ1) is 35.1. The molecular weight excluding hydrogens is 907 g/mol. The Morgan fingerprint density at radius 3 is 0.861 bits per heavy atom. The molecule has 1 aliphatic rings. The smallest absolute Gasteiger partial charge is 0.328 e. The van der Waals surface area contributed by atoms with Crippen molar-refractivity contribution in [1.82, 2.24) is 16.0 Å². The fraction of sp³-hybridized carbons (Fsp3) is 0.600. The second-order valence-corrected chi connectivity index (χ2v) is 19.9. The molecule has 1 aliphatic carbocycles. The fourth-order valence-corrected chi connectivity index (χ4v) is 9.43. The zero-order chi connectivity index (χ0) is 51.6. The minimum absolute atomic E-state index is 0.0604. The molecule has 0 aliphatic heterocycles. The number of carbonyl (C=O) groups is 6. The van der Waals surface area contributed by atoms with Crippen LogP contribution in [0.4, 0.5) is 0 Å². The van der Waals surface area contributed by atoms with Crippen molar-refractivity contribution >= 4 is 35.6 Å². The number of benzene rings is 3. The van der Waals surface area contributed by atoms with E-state index >= 15 is 0 Å². The van der Waals surface area contributed by atoms with Gasteiger partial charge in [-0.1, -0.05) is 208 Å². The standard InChI is InChI=1S/C60H87N3O9/c1-4-7-10-13-16-28-37-70-58(67)52(40-46-31-22-19-23-32-46)61-55(64)49-43-50(56(65)62-53(41-47-33-24-20-25-34-47)59(68)71-38-29-17-14-11-8-5-2)45-51(44-49)57(66)63-54(42-48-35-26-21-27-36-48)60(69)72-39-30-18-15-12-9-6-3/h19-27,31-36,49-54H,4-18,28-30,37-45H2,1-3H3,(H,61,64)(H,62,65)(H,63,66)/t49?,50?,51?,52-,53-,54-/m0/s1. The highest BCUT2D eigenvalue weighted by atomic mass is 16.5. The molecule has 1 saturated carbocycles. The van der Waals surface area contributed by atoms with E-state index in [0.29, 0.717) is 19.3 Å². The molecule has 3 N–H and O–H groups in total. The lowest BCUT2D eigenvalue weighted by Crippen LogP contribution is -2.52. The van der Waals surface area contributed by atoms with Gasteiger partial charge < -0.3 is 30.2 Å². The molecule has 0 spiro atoms. The summed E-state index contributed by atoms with van der Waals surface area (Å²) in [4.78, 5) is 85.1. The van der Waals surface area contributed by atoms with Gasteiger partial charge in [-0.2, -0.15) is 0 Å². The van der Waals surface area contributed by atoms with E-state index < -0.39 is 71.5 Å². The third-order valence-corrected chi connectivity index (χ3v) is 13.7. The number of ether oxygens (including phenoxy) is 3. The summed E-state index contributed by atoms with van der Waals surface area (Å²) in [6.07, 6.45) is 19.2. The van der Waals surface area contributed by atoms with Gasteiger partial charge in [0.1, 0.15) is 18.1 Å². The average Bonchev–Trinajstić information content (AvgIpc) is 3.40. The van der Waals surface area contributed by atoms with Gasteiger partial charge in [-0.25, -0.2) is 14.4 Å². The molecule has 3 atom stereocenters. The number of hydrogen-bond donors (Lipinski definition) is 3. The molecule has 1 fully saturated rings.